The molecule has 9 heteroatoms. The Kier molecular flexibility index (Phi) is 6.44. The van der Waals surface area contributed by atoms with Gasteiger partial charge in [-0.2, -0.15) is 0 Å². The van der Waals surface area contributed by atoms with E-state index in [2.05, 4.69) is 21.8 Å². The fourth-order valence-electron chi connectivity index (χ4n) is 5.17. The molecule has 36 heavy (non-hydrogen) atoms. The molecule has 2 heterocycles. The van der Waals surface area contributed by atoms with E-state index in [1.54, 1.807) is 0 Å². The molecule has 2 fully saturated rings. The Balaban J connectivity index is 1.19. The van der Waals surface area contributed by atoms with Gasteiger partial charge in [-0.05, 0) is 78.5 Å². The van der Waals surface area contributed by atoms with Crippen molar-refractivity contribution in [2.75, 3.05) is 24.2 Å². The molecule has 0 radical (unpaired) electrons. The number of hydrogen-bond donors (Lipinski definition) is 0. The lowest BCUT2D eigenvalue weighted by Crippen LogP contribution is -2.51. The van der Waals surface area contributed by atoms with Crippen LogP contribution < -0.4 is 9.64 Å². The lowest BCUT2D eigenvalue weighted by atomic mass is 9.61. The number of rotatable bonds is 6. The van der Waals surface area contributed by atoms with Gasteiger partial charge in [-0.15, -0.1) is 0 Å². The molecule has 2 aliphatic rings. The standard InChI is InChI=1S/C27H29F2N3O3S/c1-3-18-16-30-26(31-17-18)32-10-8-27(9-11-32)14-21(15-27)35-25-23(28)12-20(13-24(25)29)19-4-6-22(7-5-19)36(2,33)34/h4-7,12-13,16-17,21H,3,8-11,14-15H2,1-2H3. The van der Waals surface area contributed by atoms with Crippen molar-refractivity contribution in [2.45, 2.75) is 50.0 Å². The van der Waals surface area contributed by atoms with E-state index in [0.29, 0.717) is 11.1 Å². The zero-order valence-corrected chi connectivity index (χ0v) is 21.2. The molecule has 0 atom stereocenters. The molecule has 0 bridgehead atoms. The molecule has 3 aromatic rings. The fourth-order valence-corrected chi connectivity index (χ4v) is 5.80. The van der Waals surface area contributed by atoms with Crippen LogP contribution in [0.4, 0.5) is 14.7 Å². The number of anilines is 1. The molecule has 2 aromatic carbocycles. The summed E-state index contributed by atoms with van der Waals surface area (Å²) >= 11 is 0. The van der Waals surface area contributed by atoms with Gasteiger partial charge in [0.2, 0.25) is 5.95 Å². The van der Waals surface area contributed by atoms with Crippen molar-refractivity contribution in [1.82, 2.24) is 9.97 Å². The van der Waals surface area contributed by atoms with E-state index in [0.717, 1.165) is 63.0 Å². The Labute approximate surface area is 210 Å². The number of aromatic nitrogens is 2. The summed E-state index contributed by atoms with van der Waals surface area (Å²) in [6.45, 7) is 3.78. The monoisotopic (exact) mass is 513 g/mol. The number of piperidine rings is 1. The molecule has 0 amide bonds. The highest BCUT2D eigenvalue weighted by atomic mass is 32.2. The molecule has 6 nitrogen and oxygen atoms in total. The van der Waals surface area contributed by atoms with Crippen LogP contribution >= 0.6 is 0 Å². The van der Waals surface area contributed by atoms with Crippen LogP contribution in [0.1, 0.15) is 38.2 Å². The van der Waals surface area contributed by atoms with Crippen molar-refractivity contribution in [3.05, 3.63) is 66.0 Å². The summed E-state index contributed by atoms with van der Waals surface area (Å²) in [5, 5.41) is 0. The summed E-state index contributed by atoms with van der Waals surface area (Å²) in [4.78, 5) is 11.3. The Morgan fingerprint density at radius 2 is 1.58 bits per heavy atom. The Hall–Kier alpha value is -3.07. The molecule has 0 unspecified atom stereocenters. The normalized spacial score (nSPS) is 17.7. The summed E-state index contributed by atoms with van der Waals surface area (Å²) in [6, 6.07) is 8.38. The third-order valence-electron chi connectivity index (χ3n) is 7.43. The van der Waals surface area contributed by atoms with Crippen LogP contribution in [0.3, 0.4) is 0 Å². The number of halogens is 2. The highest BCUT2D eigenvalue weighted by molar-refractivity contribution is 7.90. The zero-order valence-electron chi connectivity index (χ0n) is 20.4. The molecule has 1 aromatic heterocycles. The van der Waals surface area contributed by atoms with Gasteiger partial charge in [0.25, 0.3) is 0 Å². The minimum absolute atomic E-state index is 0.138. The fraction of sp³-hybridized carbons (Fsp3) is 0.407. The Bertz CT molecular complexity index is 1320. The molecule has 1 aliphatic carbocycles. The van der Waals surface area contributed by atoms with Crippen molar-refractivity contribution < 1.29 is 21.9 Å². The van der Waals surface area contributed by atoms with Crippen molar-refractivity contribution >= 4 is 15.8 Å². The van der Waals surface area contributed by atoms with Gasteiger partial charge in [0, 0.05) is 31.7 Å². The second-order valence-electron chi connectivity index (χ2n) is 9.95. The predicted octanol–water partition coefficient (Wildman–Crippen LogP) is 5.22. The summed E-state index contributed by atoms with van der Waals surface area (Å²) < 4.78 is 58.7. The van der Waals surface area contributed by atoms with Crippen molar-refractivity contribution in [2.24, 2.45) is 5.41 Å². The topological polar surface area (TPSA) is 72.4 Å². The van der Waals surface area contributed by atoms with Crippen LogP contribution in [0.2, 0.25) is 0 Å². The van der Waals surface area contributed by atoms with Crippen molar-refractivity contribution in [3.8, 4) is 16.9 Å². The maximum atomic E-state index is 14.8. The summed E-state index contributed by atoms with van der Waals surface area (Å²) in [5.41, 5.74) is 2.10. The van der Waals surface area contributed by atoms with E-state index in [-0.39, 0.29) is 22.2 Å². The van der Waals surface area contributed by atoms with Crippen LogP contribution in [0.5, 0.6) is 5.75 Å². The first-order valence-corrected chi connectivity index (χ1v) is 14.1. The third kappa shape index (κ3) is 4.93. The van der Waals surface area contributed by atoms with Gasteiger partial charge in [0.15, 0.2) is 27.2 Å². The van der Waals surface area contributed by atoms with Gasteiger partial charge in [-0.1, -0.05) is 19.1 Å². The first-order valence-electron chi connectivity index (χ1n) is 12.2. The average Bonchev–Trinajstić information content (AvgIpc) is 2.85. The molecule has 1 saturated heterocycles. The van der Waals surface area contributed by atoms with Gasteiger partial charge in [0.05, 0.1) is 4.90 Å². The minimum Gasteiger partial charge on any atom is -0.484 e. The van der Waals surface area contributed by atoms with Crippen LogP contribution in [0.15, 0.2) is 53.7 Å². The largest absolute Gasteiger partial charge is 0.484 e. The van der Waals surface area contributed by atoms with Gasteiger partial charge < -0.3 is 9.64 Å². The van der Waals surface area contributed by atoms with Crippen LogP contribution in [-0.2, 0) is 16.3 Å². The maximum Gasteiger partial charge on any atom is 0.225 e. The first kappa shape index (κ1) is 24.6. The highest BCUT2D eigenvalue weighted by Gasteiger charge is 2.47. The highest BCUT2D eigenvalue weighted by Crippen LogP contribution is 2.51. The van der Waals surface area contributed by atoms with Crippen LogP contribution in [0, 0.1) is 17.0 Å². The number of nitrogens with zero attached hydrogens (tertiary/aromatic N) is 3. The minimum atomic E-state index is -3.34. The molecular formula is C27H29F2N3O3S. The first-order chi connectivity index (χ1) is 17.2. The van der Waals surface area contributed by atoms with E-state index in [9.17, 15) is 17.2 Å². The Morgan fingerprint density at radius 3 is 2.11 bits per heavy atom. The lowest BCUT2D eigenvalue weighted by molar-refractivity contribution is -0.0345. The Morgan fingerprint density at radius 1 is 1.00 bits per heavy atom. The molecule has 1 saturated carbocycles. The summed E-state index contributed by atoms with van der Waals surface area (Å²) in [7, 11) is -3.34. The maximum absolute atomic E-state index is 14.8. The molecular weight excluding hydrogens is 484 g/mol. The molecule has 1 spiro atoms. The second kappa shape index (κ2) is 9.42. The van der Waals surface area contributed by atoms with Crippen LogP contribution in [-0.4, -0.2) is 43.8 Å². The van der Waals surface area contributed by atoms with Gasteiger partial charge in [-0.25, -0.2) is 27.2 Å². The predicted molar refractivity (Wildman–Crippen MR) is 134 cm³/mol. The van der Waals surface area contributed by atoms with Gasteiger partial charge >= 0.3 is 0 Å². The summed E-state index contributed by atoms with van der Waals surface area (Å²) in [6.07, 6.45) is 9.03. The zero-order chi connectivity index (χ0) is 25.5. The number of aryl methyl sites for hydroxylation is 1. The van der Waals surface area contributed by atoms with Crippen molar-refractivity contribution in [3.63, 3.8) is 0 Å². The lowest BCUT2D eigenvalue weighted by Gasteiger charge is -2.51. The average molecular weight is 514 g/mol. The van der Waals surface area contributed by atoms with Gasteiger partial charge in [0.1, 0.15) is 6.10 Å². The quantitative estimate of drug-likeness (QED) is 0.450. The molecule has 0 N–H and O–H groups in total. The number of ether oxygens (including phenoxy) is 1. The molecule has 1 aliphatic heterocycles. The SMILES string of the molecule is CCc1cnc(N2CCC3(CC2)CC(Oc2c(F)cc(-c4ccc(S(C)(=O)=O)cc4)cc2F)C3)nc1. The third-order valence-corrected chi connectivity index (χ3v) is 8.56. The molecule has 5 rings (SSSR count). The van der Waals surface area contributed by atoms with Crippen LogP contribution in [0.25, 0.3) is 11.1 Å². The van der Waals surface area contributed by atoms with Crippen molar-refractivity contribution in [1.29, 1.82) is 0 Å². The number of sulfone groups is 1. The van der Waals surface area contributed by atoms with E-state index in [1.807, 2.05) is 12.4 Å². The van der Waals surface area contributed by atoms with E-state index >= 15 is 0 Å². The van der Waals surface area contributed by atoms with Gasteiger partial charge in [-0.3, -0.25) is 0 Å². The molecule has 190 valence electrons. The smallest absolute Gasteiger partial charge is 0.225 e. The van der Waals surface area contributed by atoms with E-state index < -0.39 is 21.5 Å². The second-order valence-corrected chi connectivity index (χ2v) is 12.0. The number of benzene rings is 2. The summed E-state index contributed by atoms with van der Waals surface area (Å²) in [5.74, 6) is -1.13. The van der Waals surface area contributed by atoms with E-state index in [4.69, 9.17) is 4.74 Å². The van der Waals surface area contributed by atoms with E-state index in [1.165, 1.54) is 36.4 Å². The number of hydrogen-bond acceptors (Lipinski definition) is 6.